The van der Waals surface area contributed by atoms with Gasteiger partial charge in [-0.05, 0) is 60.0 Å². The molecule has 2 rings (SSSR count). The molecule has 1 atom stereocenters. The number of ether oxygens (including phenoxy) is 1. The lowest BCUT2D eigenvalue weighted by molar-refractivity contribution is 0.411. The van der Waals surface area contributed by atoms with Gasteiger partial charge < -0.3 is 4.74 Å². The number of hydrogen-bond donors (Lipinski definition) is 1. The van der Waals surface area contributed by atoms with Crippen LogP contribution in [0.2, 0.25) is 0 Å². The Kier molecular flexibility index (Phi) is 6.06. The molecule has 0 aliphatic carbocycles. The summed E-state index contributed by atoms with van der Waals surface area (Å²) in [5.41, 5.74) is 2.03. The Labute approximate surface area is 151 Å². The summed E-state index contributed by atoms with van der Waals surface area (Å²) >= 11 is 3.31. The Hall–Kier alpha value is -1.38. The van der Waals surface area contributed by atoms with Crippen LogP contribution in [0.4, 0.5) is 0 Å². The molecule has 2 aromatic rings. The van der Waals surface area contributed by atoms with Crippen molar-refractivity contribution in [2.24, 2.45) is 5.92 Å². The maximum atomic E-state index is 12.4. The number of rotatable bonds is 7. The summed E-state index contributed by atoms with van der Waals surface area (Å²) in [6.07, 6.45) is 0. The summed E-state index contributed by atoms with van der Waals surface area (Å²) in [6, 6.07) is 6.69. The molecule has 1 N–H and O–H groups in total. The Morgan fingerprint density at radius 2 is 2.04 bits per heavy atom. The molecule has 0 radical (unpaired) electrons. The number of benzene rings is 1. The summed E-state index contributed by atoms with van der Waals surface area (Å²) in [5.74, 6) is 0.700. The van der Waals surface area contributed by atoms with Gasteiger partial charge in [0.15, 0.2) is 0 Å². The zero-order chi connectivity index (χ0) is 17.9. The highest BCUT2D eigenvalue weighted by atomic mass is 79.9. The smallest absolute Gasteiger partial charge is 0.240 e. The second-order valence-electron chi connectivity index (χ2n) is 5.86. The number of aromatic nitrogens is 2. The van der Waals surface area contributed by atoms with Crippen molar-refractivity contribution in [3.05, 3.63) is 40.1 Å². The van der Waals surface area contributed by atoms with E-state index in [1.807, 2.05) is 31.5 Å². The van der Waals surface area contributed by atoms with Crippen LogP contribution in [0.15, 0.2) is 33.6 Å². The Morgan fingerprint density at radius 1 is 1.33 bits per heavy atom. The van der Waals surface area contributed by atoms with E-state index in [4.69, 9.17) is 4.74 Å². The van der Waals surface area contributed by atoms with Crippen molar-refractivity contribution in [2.45, 2.75) is 32.2 Å². The van der Waals surface area contributed by atoms with E-state index in [2.05, 4.69) is 25.8 Å². The fraction of sp³-hybridized carbons (Fsp3) is 0.438. The van der Waals surface area contributed by atoms with E-state index in [0.717, 1.165) is 11.4 Å². The molecule has 0 fully saturated rings. The molecule has 6 nitrogen and oxygen atoms in total. The first-order valence-electron chi connectivity index (χ1n) is 7.57. The first kappa shape index (κ1) is 19.0. The summed E-state index contributed by atoms with van der Waals surface area (Å²) in [7, 11) is -2.03. The van der Waals surface area contributed by atoms with Gasteiger partial charge in [0.25, 0.3) is 0 Å². The molecule has 0 bridgehead atoms. The molecule has 0 spiro atoms. The molecule has 24 heavy (non-hydrogen) atoms. The molecule has 0 amide bonds. The maximum Gasteiger partial charge on any atom is 0.240 e. The average molecular weight is 416 g/mol. The van der Waals surface area contributed by atoms with Gasteiger partial charge in [0.1, 0.15) is 5.75 Å². The zero-order valence-corrected chi connectivity index (χ0v) is 16.6. The number of sulfonamides is 1. The van der Waals surface area contributed by atoms with Gasteiger partial charge in [-0.1, -0.05) is 6.92 Å². The van der Waals surface area contributed by atoms with Crippen LogP contribution >= 0.6 is 15.9 Å². The van der Waals surface area contributed by atoms with Gasteiger partial charge in [-0.3, -0.25) is 4.68 Å². The van der Waals surface area contributed by atoms with Crippen LogP contribution in [0.3, 0.4) is 0 Å². The standard InChI is InChI=1S/C16H22BrN3O3S/c1-11(10-20-13(3)7-12(2)19-20)9-18-24(21,22)14-5-6-16(23-4)15(17)8-14/h5-8,11,18H,9-10H2,1-4H3. The van der Waals surface area contributed by atoms with Gasteiger partial charge in [-0.15, -0.1) is 0 Å². The summed E-state index contributed by atoms with van der Waals surface area (Å²) in [4.78, 5) is 0.202. The molecule has 0 saturated heterocycles. The highest BCUT2D eigenvalue weighted by molar-refractivity contribution is 9.10. The van der Waals surface area contributed by atoms with E-state index in [1.54, 1.807) is 6.07 Å². The van der Waals surface area contributed by atoms with Crippen LogP contribution in [-0.4, -0.2) is 31.9 Å². The second-order valence-corrected chi connectivity index (χ2v) is 8.48. The lowest BCUT2D eigenvalue weighted by Gasteiger charge is -2.14. The van der Waals surface area contributed by atoms with Gasteiger partial charge in [0.2, 0.25) is 10.0 Å². The molecule has 1 aromatic heterocycles. The minimum atomic E-state index is -3.57. The van der Waals surface area contributed by atoms with Crippen molar-refractivity contribution < 1.29 is 13.2 Å². The zero-order valence-electron chi connectivity index (χ0n) is 14.2. The number of halogens is 1. The number of aryl methyl sites for hydroxylation is 2. The predicted octanol–water partition coefficient (Wildman–Crippen LogP) is 2.89. The molecular formula is C16H22BrN3O3S. The number of nitrogens with one attached hydrogen (secondary N) is 1. The number of hydrogen-bond acceptors (Lipinski definition) is 4. The van der Waals surface area contributed by atoms with E-state index >= 15 is 0 Å². The van der Waals surface area contributed by atoms with E-state index in [1.165, 1.54) is 19.2 Å². The minimum Gasteiger partial charge on any atom is -0.496 e. The summed E-state index contributed by atoms with van der Waals surface area (Å²) < 4.78 is 35.1. The highest BCUT2D eigenvalue weighted by Crippen LogP contribution is 2.27. The van der Waals surface area contributed by atoms with Crippen LogP contribution in [0.25, 0.3) is 0 Å². The van der Waals surface area contributed by atoms with Crippen molar-refractivity contribution in [1.82, 2.24) is 14.5 Å². The quantitative estimate of drug-likeness (QED) is 0.754. The molecule has 8 heteroatoms. The summed E-state index contributed by atoms with van der Waals surface area (Å²) in [6.45, 7) is 6.92. The molecule has 1 unspecified atom stereocenters. The normalized spacial score (nSPS) is 13.0. The van der Waals surface area contributed by atoms with Gasteiger partial charge >= 0.3 is 0 Å². The van der Waals surface area contributed by atoms with Crippen molar-refractivity contribution in [2.75, 3.05) is 13.7 Å². The van der Waals surface area contributed by atoms with E-state index < -0.39 is 10.0 Å². The third-order valence-corrected chi connectivity index (χ3v) is 5.68. The predicted molar refractivity (Wildman–Crippen MR) is 96.7 cm³/mol. The van der Waals surface area contributed by atoms with Crippen LogP contribution < -0.4 is 9.46 Å². The minimum absolute atomic E-state index is 0.111. The van der Waals surface area contributed by atoms with E-state index in [9.17, 15) is 8.42 Å². The molecule has 1 heterocycles. The molecular weight excluding hydrogens is 394 g/mol. The molecule has 132 valence electrons. The van der Waals surface area contributed by atoms with Crippen LogP contribution in [0.5, 0.6) is 5.75 Å². The number of nitrogens with zero attached hydrogens (tertiary/aromatic N) is 2. The van der Waals surface area contributed by atoms with Crippen molar-refractivity contribution in [3.8, 4) is 5.75 Å². The third kappa shape index (κ3) is 4.58. The Bertz CT molecular complexity index is 818. The maximum absolute atomic E-state index is 12.4. The first-order chi connectivity index (χ1) is 11.2. The van der Waals surface area contributed by atoms with Crippen LogP contribution in [0.1, 0.15) is 18.3 Å². The molecule has 0 aliphatic heterocycles. The average Bonchev–Trinajstić information content (AvgIpc) is 2.83. The fourth-order valence-electron chi connectivity index (χ4n) is 2.37. The number of methoxy groups -OCH3 is 1. The van der Waals surface area contributed by atoms with Gasteiger partial charge in [0.05, 0.1) is 22.2 Å². The van der Waals surface area contributed by atoms with Gasteiger partial charge in [-0.2, -0.15) is 5.10 Å². The fourth-order valence-corrected chi connectivity index (χ4v) is 4.25. The monoisotopic (exact) mass is 415 g/mol. The van der Waals surface area contributed by atoms with Crippen LogP contribution in [-0.2, 0) is 16.6 Å². The van der Waals surface area contributed by atoms with Crippen molar-refractivity contribution in [1.29, 1.82) is 0 Å². The Balaban J connectivity index is 2.01. The Morgan fingerprint density at radius 3 is 2.58 bits per heavy atom. The van der Waals surface area contributed by atoms with E-state index in [0.29, 0.717) is 23.3 Å². The SMILES string of the molecule is COc1ccc(S(=O)(=O)NCC(C)Cn2nc(C)cc2C)cc1Br. The summed E-state index contributed by atoms with van der Waals surface area (Å²) in [5, 5.41) is 4.40. The molecule has 0 aliphatic rings. The van der Waals surface area contributed by atoms with Crippen molar-refractivity contribution >= 4 is 26.0 Å². The molecule has 0 saturated carbocycles. The van der Waals surface area contributed by atoms with Crippen LogP contribution in [0, 0.1) is 19.8 Å². The van der Waals surface area contributed by atoms with Gasteiger partial charge in [-0.25, -0.2) is 13.1 Å². The van der Waals surface area contributed by atoms with Gasteiger partial charge in [0, 0.05) is 18.8 Å². The van der Waals surface area contributed by atoms with Crippen molar-refractivity contribution in [3.63, 3.8) is 0 Å². The highest BCUT2D eigenvalue weighted by Gasteiger charge is 2.17. The third-order valence-electron chi connectivity index (χ3n) is 3.64. The lowest BCUT2D eigenvalue weighted by Crippen LogP contribution is -2.30. The second kappa shape index (κ2) is 7.67. The van der Waals surface area contributed by atoms with E-state index in [-0.39, 0.29) is 10.8 Å². The first-order valence-corrected chi connectivity index (χ1v) is 9.85. The molecule has 1 aromatic carbocycles. The topological polar surface area (TPSA) is 73.2 Å². The lowest BCUT2D eigenvalue weighted by atomic mass is 10.2. The largest absolute Gasteiger partial charge is 0.496 e.